The Labute approximate surface area is 215 Å². The Morgan fingerprint density at radius 3 is 2.36 bits per heavy atom. The van der Waals surface area contributed by atoms with Crippen LogP contribution >= 0.6 is 11.6 Å². The summed E-state index contributed by atoms with van der Waals surface area (Å²) in [6.07, 6.45) is 2.57. The van der Waals surface area contributed by atoms with E-state index in [2.05, 4.69) is 5.48 Å². The van der Waals surface area contributed by atoms with Crippen LogP contribution in [0.4, 0.5) is 0 Å². The molecule has 11 heteroatoms. The lowest BCUT2D eigenvalue weighted by molar-refractivity contribution is -0.153. The maximum atomic E-state index is 13.2. The summed E-state index contributed by atoms with van der Waals surface area (Å²) in [5.74, 6) is -0.0806. The highest BCUT2D eigenvalue weighted by atomic mass is 35.5. The van der Waals surface area contributed by atoms with Gasteiger partial charge in [-0.05, 0) is 74.2 Å². The molecule has 0 amide bonds. The molecule has 1 aliphatic heterocycles. The first kappa shape index (κ1) is 26.3. The Kier molecular flexibility index (Phi) is 8.73. The lowest BCUT2D eigenvalue weighted by Gasteiger charge is -2.25. The van der Waals surface area contributed by atoms with Crippen molar-refractivity contribution < 1.29 is 37.0 Å². The molecule has 1 heterocycles. The fourth-order valence-electron chi connectivity index (χ4n) is 4.26. The Hall–Kier alpha value is -2.79. The van der Waals surface area contributed by atoms with Crippen LogP contribution in [0.5, 0.6) is 11.5 Å². The molecule has 9 nitrogen and oxygen atoms in total. The smallest absolute Gasteiger partial charge is 0.395 e. The second kappa shape index (κ2) is 12.0. The first-order valence-electron chi connectivity index (χ1n) is 11.6. The number of nitrogens with one attached hydrogen (secondary N) is 1. The number of hydrogen-bond acceptors (Lipinski definition) is 9. The van der Waals surface area contributed by atoms with Crippen LogP contribution in [0, 0.1) is 11.8 Å². The van der Waals surface area contributed by atoms with Gasteiger partial charge in [0, 0.05) is 17.5 Å². The summed E-state index contributed by atoms with van der Waals surface area (Å²) < 4.78 is 47.7. The molecule has 1 N–H and O–H groups in total. The van der Waals surface area contributed by atoms with Gasteiger partial charge < -0.3 is 23.8 Å². The molecule has 2 aliphatic rings. The van der Waals surface area contributed by atoms with Gasteiger partial charge in [-0.2, -0.15) is 0 Å². The highest BCUT2D eigenvalue weighted by Crippen LogP contribution is 2.34. The van der Waals surface area contributed by atoms with Gasteiger partial charge in [0.15, 0.2) is 9.84 Å². The fraction of sp³-hybridized carbons (Fsp3) is 0.400. The van der Waals surface area contributed by atoms with Crippen molar-refractivity contribution in [2.75, 3.05) is 25.8 Å². The van der Waals surface area contributed by atoms with Crippen molar-refractivity contribution in [3.63, 3.8) is 0 Å². The quantitative estimate of drug-likeness (QED) is 0.421. The van der Waals surface area contributed by atoms with E-state index in [0.717, 1.165) is 6.42 Å². The van der Waals surface area contributed by atoms with Crippen LogP contribution in [-0.4, -0.2) is 46.2 Å². The molecular weight excluding hydrogens is 510 g/mol. The fourth-order valence-corrected chi connectivity index (χ4v) is 6.07. The largest absolute Gasteiger partial charge is 0.461 e. The van der Waals surface area contributed by atoms with E-state index in [9.17, 15) is 13.2 Å². The first-order chi connectivity index (χ1) is 17.4. The van der Waals surface area contributed by atoms with Gasteiger partial charge in [-0.25, -0.2) is 13.2 Å². The number of benzene rings is 2. The van der Waals surface area contributed by atoms with Crippen LogP contribution in [0.25, 0.3) is 0 Å². The summed E-state index contributed by atoms with van der Waals surface area (Å²) in [7, 11) is -3.62. The van der Waals surface area contributed by atoms with E-state index in [0.29, 0.717) is 36.2 Å². The van der Waals surface area contributed by atoms with Crippen molar-refractivity contribution in [2.45, 2.75) is 30.7 Å². The van der Waals surface area contributed by atoms with E-state index in [1.807, 2.05) is 6.92 Å². The van der Waals surface area contributed by atoms with Crippen molar-refractivity contribution in [3.8, 4) is 11.5 Å². The predicted octanol–water partition coefficient (Wildman–Crippen LogP) is 4.23. The van der Waals surface area contributed by atoms with Gasteiger partial charge in [-0.15, -0.1) is 5.48 Å². The highest BCUT2D eigenvalue weighted by Gasteiger charge is 2.40. The minimum absolute atomic E-state index is 0.0113. The number of rotatable bonds is 11. The molecule has 1 fully saturated rings. The third kappa shape index (κ3) is 6.70. The van der Waals surface area contributed by atoms with Crippen molar-refractivity contribution in [1.29, 1.82) is 0 Å². The maximum absolute atomic E-state index is 13.2. The number of carbonyl (C=O) groups excluding carboxylic acids is 1. The molecule has 1 saturated carbocycles. The normalized spacial score (nSPS) is 21.4. The van der Waals surface area contributed by atoms with Gasteiger partial charge in [0.25, 0.3) is 0 Å². The van der Waals surface area contributed by atoms with Crippen LogP contribution in [0.15, 0.2) is 65.4 Å². The third-order valence-corrected chi connectivity index (χ3v) is 8.20. The summed E-state index contributed by atoms with van der Waals surface area (Å²) >= 11 is 5.89. The molecule has 194 valence electrons. The molecule has 3 atom stereocenters. The monoisotopic (exact) mass is 537 g/mol. The minimum Gasteiger partial charge on any atom is -0.461 e. The Morgan fingerprint density at radius 2 is 1.72 bits per heavy atom. The van der Waals surface area contributed by atoms with Crippen LogP contribution in [0.1, 0.15) is 19.8 Å². The lowest BCUT2D eigenvalue weighted by Crippen LogP contribution is -2.42. The SMILES string of the molecule is CCOCC1CCC(CS(=O)(=O)c2ccc(Oc3ccc(Cl)cc3)cc2)C1NOC(=O)C1=COCO1. The van der Waals surface area contributed by atoms with Crippen LogP contribution in [0.3, 0.4) is 0 Å². The Morgan fingerprint density at radius 1 is 1.06 bits per heavy atom. The number of sulfone groups is 1. The topological polar surface area (TPSA) is 109 Å². The van der Waals surface area contributed by atoms with Crippen LogP contribution < -0.4 is 10.2 Å². The Balaban J connectivity index is 1.41. The van der Waals surface area contributed by atoms with E-state index >= 15 is 0 Å². The molecule has 0 saturated heterocycles. The average molecular weight is 538 g/mol. The van der Waals surface area contributed by atoms with Crippen molar-refractivity contribution >= 4 is 27.4 Å². The molecule has 0 spiro atoms. The van der Waals surface area contributed by atoms with Gasteiger partial charge in [0.05, 0.1) is 23.3 Å². The van der Waals surface area contributed by atoms with Crippen LogP contribution in [-0.2, 0) is 33.7 Å². The molecule has 1 aliphatic carbocycles. The van der Waals surface area contributed by atoms with Crippen molar-refractivity contribution in [2.24, 2.45) is 11.8 Å². The summed E-state index contributed by atoms with van der Waals surface area (Å²) in [4.78, 5) is 17.6. The van der Waals surface area contributed by atoms with E-state index in [-0.39, 0.29) is 35.0 Å². The number of carbonyl (C=O) groups is 1. The number of hydroxylamine groups is 1. The predicted molar refractivity (Wildman–Crippen MR) is 131 cm³/mol. The molecular formula is C25H28ClNO8S. The summed E-state index contributed by atoms with van der Waals surface area (Å²) in [5, 5.41) is 0.597. The number of halogens is 1. The van der Waals surface area contributed by atoms with Crippen LogP contribution in [0.2, 0.25) is 5.02 Å². The molecule has 2 aromatic rings. The Bertz CT molecular complexity index is 1170. The maximum Gasteiger partial charge on any atom is 0.395 e. The second-order valence-electron chi connectivity index (χ2n) is 8.51. The van der Waals surface area contributed by atoms with Gasteiger partial charge in [0.2, 0.25) is 12.6 Å². The molecule has 0 bridgehead atoms. The first-order valence-corrected chi connectivity index (χ1v) is 13.6. The molecule has 4 rings (SSSR count). The number of ether oxygens (including phenoxy) is 4. The van der Waals surface area contributed by atoms with Gasteiger partial charge in [0.1, 0.15) is 17.8 Å². The molecule has 0 aromatic heterocycles. The number of hydrogen-bond donors (Lipinski definition) is 1. The van der Waals surface area contributed by atoms with E-state index in [1.165, 1.54) is 18.4 Å². The zero-order chi connectivity index (χ0) is 25.5. The van der Waals surface area contributed by atoms with Crippen molar-refractivity contribution in [1.82, 2.24) is 5.48 Å². The summed E-state index contributed by atoms with van der Waals surface area (Å²) in [6, 6.07) is 12.8. The third-order valence-electron chi connectivity index (χ3n) is 6.09. The summed E-state index contributed by atoms with van der Waals surface area (Å²) in [5.41, 5.74) is 2.78. The van der Waals surface area contributed by atoms with Gasteiger partial charge >= 0.3 is 5.97 Å². The zero-order valence-corrected chi connectivity index (χ0v) is 21.3. The lowest BCUT2D eigenvalue weighted by atomic mass is 10.0. The van der Waals surface area contributed by atoms with E-state index < -0.39 is 21.8 Å². The molecule has 0 radical (unpaired) electrons. The van der Waals surface area contributed by atoms with E-state index in [1.54, 1.807) is 36.4 Å². The van der Waals surface area contributed by atoms with Gasteiger partial charge in [-0.3, -0.25) is 0 Å². The molecule has 2 aromatic carbocycles. The summed E-state index contributed by atoms with van der Waals surface area (Å²) in [6.45, 7) is 2.81. The average Bonchev–Trinajstić information content (AvgIpc) is 3.53. The second-order valence-corrected chi connectivity index (χ2v) is 11.0. The zero-order valence-electron chi connectivity index (χ0n) is 19.7. The molecule has 36 heavy (non-hydrogen) atoms. The minimum atomic E-state index is -3.62. The molecule has 3 unspecified atom stereocenters. The van der Waals surface area contributed by atoms with Crippen molar-refractivity contribution in [3.05, 3.63) is 65.6 Å². The van der Waals surface area contributed by atoms with E-state index in [4.69, 9.17) is 35.4 Å². The highest BCUT2D eigenvalue weighted by molar-refractivity contribution is 7.91. The standard InChI is InChI=1S/C25H28ClNO8S/c1-2-31-13-17-3-4-18(24(17)27-35-25(28)23-14-32-16-33-23)15-36(29,30)22-11-9-21(10-12-22)34-20-7-5-19(26)6-8-20/h5-12,14,17-18,24,27H,2-4,13,15-16H2,1H3. The van der Waals surface area contributed by atoms with Gasteiger partial charge in [-0.1, -0.05) is 11.6 Å².